The van der Waals surface area contributed by atoms with E-state index < -0.39 is 0 Å². The van der Waals surface area contributed by atoms with Crippen molar-refractivity contribution in [1.29, 1.82) is 0 Å². The summed E-state index contributed by atoms with van der Waals surface area (Å²) in [6.45, 7) is 3.53. The van der Waals surface area contributed by atoms with Gasteiger partial charge in [-0.25, -0.2) is 4.39 Å². The second kappa shape index (κ2) is 7.23. The van der Waals surface area contributed by atoms with Gasteiger partial charge in [0.2, 0.25) is 5.91 Å². The third-order valence-corrected chi connectivity index (χ3v) is 5.42. The number of piperazine rings is 1. The molecule has 0 spiro atoms. The second-order valence-corrected chi connectivity index (χ2v) is 7.10. The van der Waals surface area contributed by atoms with Crippen LogP contribution in [-0.2, 0) is 11.2 Å². The van der Waals surface area contributed by atoms with Crippen LogP contribution in [0.3, 0.4) is 0 Å². The van der Waals surface area contributed by atoms with Crippen LogP contribution in [0.4, 0.5) is 4.39 Å². The predicted octanol–water partition coefficient (Wildman–Crippen LogP) is 3.26. The van der Waals surface area contributed by atoms with Crippen LogP contribution in [0.25, 0.3) is 10.4 Å². The molecule has 1 aromatic carbocycles. The standard InChI is InChI=1S/C18H21FN2OS/c1-20-10-12-21(13-11-20)18(22)9-7-14-6-8-17(23-14)15-4-2-3-5-16(15)19/h2-6,8H,7,9-13H2,1H3. The molecule has 1 saturated heterocycles. The summed E-state index contributed by atoms with van der Waals surface area (Å²) in [4.78, 5) is 18.5. The van der Waals surface area contributed by atoms with Gasteiger partial charge in [-0.1, -0.05) is 18.2 Å². The highest BCUT2D eigenvalue weighted by Gasteiger charge is 2.19. The van der Waals surface area contributed by atoms with Crippen LogP contribution < -0.4 is 0 Å². The van der Waals surface area contributed by atoms with E-state index in [4.69, 9.17) is 0 Å². The Kier molecular flexibility index (Phi) is 5.08. The summed E-state index contributed by atoms with van der Waals surface area (Å²) in [6, 6.07) is 10.8. The Balaban J connectivity index is 1.57. The lowest BCUT2D eigenvalue weighted by atomic mass is 10.2. The van der Waals surface area contributed by atoms with E-state index in [1.807, 2.05) is 23.1 Å². The van der Waals surface area contributed by atoms with E-state index in [1.165, 1.54) is 6.07 Å². The van der Waals surface area contributed by atoms with E-state index >= 15 is 0 Å². The van der Waals surface area contributed by atoms with E-state index in [0.29, 0.717) is 12.0 Å². The van der Waals surface area contributed by atoms with Gasteiger partial charge in [0.15, 0.2) is 0 Å². The molecule has 0 unspecified atom stereocenters. The summed E-state index contributed by atoms with van der Waals surface area (Å²) in [6.07, 6.45) is 1.26. The first-order valence-corrected chi connectivity index (χ1v) is 8.75. The van der Waals surface area contributed by atoms with Crippen LogP contribution in [0.1, 0.15) is 11.3 Å². The fourth-order valence-electron chi connectivity index (χ4n) is 2.76. The van der Waals surface area contributed by atoms with Crippen LogP contribution >= 0.6 is 11.3 Å². The Bertz CT molecular complexity index is 677. The number of halogens is 1. The molecule has 1 aliphatic heterocycles. The van der Waals surface area contributed by atoms with Crippen molar-refractivity contribution in [2.75, 3.05) is 33.2 Å². The molecule has 3 nitrogen and oxygen atoms in total. The van der Waals surface area contributed by atoms with Crippen molar-refractivity contribution in [3.8, 4) is 10.4 Å². The highest BCUT2D eigenvalue weighted by Crippen LogP contribution is 2.30. The number of amides is 1. The van der Waals surface area contributed by atoms with E-state index in [0.717, 1.165) is 42.4 Å². The van der Waals surface area contributed by atoms with Gasteiger partial charge in [-0.05, 0) is 31.7 Å². The lowest BCUT2D eigenvalue weighted by molar-refractivity contribution is -0.132. The van der Waals surface area contributed by atoms with Crippen molar-refractivity contribution in [1.82, 2.24) is 9.80 Å². The number of hydrogen-bond acceptors (Lipinski definition) is 3. The van der Waals surface area contributed by atoms with Crippen LogP contribution in [0.15, 0.2) is 36.4 Å². The molecule has 23 heavy (non-hydrogen) atoms. The average Bonchev–Trinajstić information content (AvgIpc) is 3.02. The van der Waals surface area contributed by atoms with E-state index in [9.17, 15) is 9.18 Å². The molecular formula is C18H21FN2OS. The molecule has 1 amide bonds. The quantitative estimate of drug-likeness (QED) is 0.858. The highest BCUT2D eigenvalue weighted by molar-refractivity contribution is 7.15. The van der Waals surface area contributed by atoms with Gasteiger partial charge in [-0.15, -0.1) is 11.3 Å². The zero-order chi connectivity index (χ0) is 16.2. The minimum Gasteiger partial charge on any atom is -0.340 e. The lowest BCUT2D eigenvalue weighted by Gasteiger charge is -2.32. The Labute approximate surface area is 140 Å². The van der Waals surface area contributed by atoms with Gasteiger partial charge in [-0.2, -0.15) is 0 Å². The minimum absolute atomic E-state index is 0.200. The maximum Gasteiger partial charge on any atom is 0.223 e. The van der Waals surface area contributed by atoms with E-state index in [1.54, 1.807) is 23.5 Å². The van der Waals surface area contributed by atoms with Gasteiger partial charge in [-0.3, -0.25) is 4.79 Å². The zero-order valence-electron chi connectivity index (χ0n) is 13.3. The van der Waals surface area contributed by atoms with Crippen LogP contribution in [0, 0.1) is 5.82 Å². The van der Waals surface area contributed by atoms with Crippen LogP contribution in [0.2, 0.25) is 0 Å². The first-order chi connectivity index (χ1) is 11.1. The fourth-order valence-corrected chi connectivity index (χ4v) is 3.80. The number of carbonyl (C=O) groups excluding carboxylic acids is 1. The Morgan fingerprint density at radius 1 is 1.13 bits per heavy atom. The molecule has 0 N–H and O–H groups in total. The van der Waals surface area contributed by atoms with Crippen molar-refractivity contribution >= 4 is 17.2 Å². The average molecular weight is 332 g/mol. The summed E-state index contributed by atoms with van der Waals surface area (Å²) in [7, 11) is 2.08. The largest absolute Gasteiger partial charge is 0.340 e. The molecule has 1 aliphatic rings. The van der Waals surface area contributed by atoms with Crippen molar-refractivity contribution in [3.63, 3.8) is 0 Å². The molecule has 0 saturated carbocycles. The smallest absolute Gasteiger partial charge is 0.223 e. The van der Waals surface area contributed by atoms with Gasteiger partial charge in [0.1, 0.15) is 5.82 Å². The third kappa shape index (κ3) is 3.98. The Hall–Kier alpha value is -1.72. The number of thiophene rings is 1. The number of hydrogen-bond donors (Lipinski definition) is 0. The molecule has 1 aromatic heterocycles. The number of aryl methyl sites for hydroxylation is 1. The van der Waals surface area contributed by atoms with Gasteiger partial charge in [0.25, 0.3) is 0 Å². The monoisotopic (exact) mass is 332 g/mol. The molecule has 3 rings (SSSR count). The molecule has 122 valence electrons. The summed E-state index contributed by atoms with van der Waals surface area (Å²) in [5.41, 5.74) is 0.633. The Morgan fingerprint density at radius 3 is 2.61 bits per heavy atom. The summed E-state index contributed by atoms with van der Waals surface area (Å²) >= 11 is 1.57. The first-order valence-electron chi connectivity index (χ1n) is 7.93. The molecular weight excluding hydrogens is 311 g/mol. The van der Waals surface area contributed by atoms with Gasteiger partial charge >= 0.3 is 0 Å². The van der Waals surface area contributed by atoms with Crippen molar-refractivity contribution in [3.05, 3.63) is 47.1 Å². The molecule has 1 fully saturated rings. The number of benzene rings is 1. The van der Waals surface area contributed by atoms with Crippen molar-refractivity contribution in [2.45, 2.75) is 12.8 Å². The van der Waals surface area contributed by atoms with Crippen molar-refractivity contribution < 1.29 is 9.18 Å². The molecule has 5 heteroatoms. The summed E-state index contributed by atoms with van der Waals surface area (Å²) < 4.78 is 13.8. The molecule has 0 radical (unpaired) electrons. The number of rotatable bonds is 4. The Morgan fingerprint density at radius 2 is 1.87 bits per heavy atom. The van der Waals surface area contributed by atoms with Gasteiger partial charge in [0.05, 0.1) is 0 Å². The summed E-state index contributed by atoms with van der Waals surface area (Å²) in [5.74, 6) is 0.0216. The van der Waals surface area contributed by atoms with E-state index in [-0.39, 0.29) is 11.7 Å². The minimum atomic E-state index is -0.200. The molecule has 2 heterocycles. The second-order valence-electron chi connectivity index (χ2n) is 5.93. The molecule has 0 atom stereocenters. The SMILES string of the molecule is CN1CCN(C(=O)CCc2ccc(-c3ccccc3F)s2)CC1. The molecule has 0 aliphatic carbocycles. The normalized spacial score (nSPS) is 15.8. The maximum atomic E-state index is 13.8. The number of likely N-dealkylation sites (N-methyl/N-ethyl adjacent to an activating group) is 1. The molecule has 0 bridgehead atoms. The first kappa shape index (κ1) is 16.1. The summed E-state index contributed by atoms with van der Waals surface area (Å²) in [5, 5.41) is 0. The lowest BCUT2D eigenvalue weighted by Crippen LogP contribution is -2.47. The van der Waals surface area contributed by atoms with Crippen molar-refractivity contribution in [2.24, 2.45) is 0 Å². The predicted molar refractivity (Wildman–Crippen MR) is 92.1 cm³/mol. The van der Waals surface area contributed by atoms with Gasteiger partial charge < -0.3 is 9.80 Å². The van der Waals surface area contributed by atoms with E-state index in [2.05, 4.69) is 11.9 Å². The fraction of sp³-hybridized carbons (Fsp3) is 0.389. The van der Waals surface area contributed by atoms with Crippen LogP contribution in [-0.4, -0.2) is 48.9 Å². The van der Waals surface area contributed by atoms with Crippen LogP contribution in [0.5, 0.6) is 0 Å². The van der Waals surface area contributed by atoms with Gasteiger partial charge in [0, 0.05) is 47.9 Å². The topological polar surface area (TPSA) is 23.6 Å². The zero-order valence-corrected chi connectivity index (χ0v) is 14.1. The number of carbonyl (C=O) groups is 1. The molecule has 2 aromatic rings. The highest BCUT2D eigenvalue weighted by atomic mass is 32.1. The maximum absolute atomic E-state index is 13.8. The third-order valence-electron chi connectivity index (χ3n) is 4.24. The number of nitrogens with zero attached hydrogens (tertiary/aromatic N) is 2.